The smallest absolute Gasteiger partial charge is 0.106 e. The summed E-state index contributed by atoms with van der Waals surface area (Å²) in [6, 6.07) is 3.67. The lowest BCUT2D eigenvalue weighted by Gasteiger charge is -1.99. The molecule has 0 aliphatic heterocycles. The zero-order valence-electron chi connectivity index (χ0n) is 7.63. The molecule has 0 saturated carbocycles. The molecular formula is C9H14BrNO. The van der Waals surface area contributed by atoms with Crippen molar-refractivity contribution in [2.24, 2.45) is 0 Å². The molecule has 1 heterocycles. The number of nitrogens with zero attached hydrogens (tertiary/aromatic N) is 1. The van der Waals surface area contributed by atoms with E-state index in [0.717, 1.165) is 15.9 Å². The topological polar surface area (TPSA) is 33.1 Å². The molecule has 0 aliphatic carbocycles. The first-order valence-corrected chi connectivity index (χ1v) is 4.76. The number of aryl methyl sites for hydroxylation is 1. The molecule has 0 aliphatic rings. The maximum atomic E-state index is 8.75. The molecule has 0 fully saturated rings. The van der Waals surface area contributed by atoms with Crippen molar-refractivity contribution in [2.45, 2.75) is 27.4 Å². The fourth-order valence-corrected chi connectivity index (χ4v) is 1.12. The Bertz CT molecular complexity index is 238. The van der Waals surface area contributed by atoms with Crippen LogP contribution in [0.3, 0.4) is 0 Å². The van der Waals surface area contributed by atoms with Gasteiger partial charge in [-0.25, -0.2) is 4.98 Å². The van der Waals surface area contributed by atoms with Gasteiger partial charge in [0.25, 0.3) is 0 Å². The highest BCUT2D eigenvalue weighted by atomic mass is 79.9. The van der Waals surface area contributed by atoms with Crippen molar-refractivity contribution >= 4 is 15.9 Å². The highest BCUT2D eigenvalue weighted by molar-refractivity contribution is 9.10. The standard InChI is InChI=1S/C7H8BrNO.C2H6/c1-5-6(4-10)2-3-7(8)9-5;1-2/h2-3,10H,4H2,1H3;1-2H3. The van der Waals surface area contributed by atoms with Crippen LogP contribution in [0.4, 0.5) is 0 Å². The van der Waals surface area contributed by atoms with Gasteiger partial charge in [-0.2, -0.15) is 0 Å². The molecule has 3 heteroatoms. The van der Waals surface area contributed by atoms with Crippen LogP contribution in [0.15, 0.2) is 16.7 Å². The Balaban J connectivity index is 0.000000561. The van der Waals surface area contributed by atoms with E-state index in [9.17, 15) is 0 Å². The van der Waals surface area contributed by atoms with Crippen LogP contribution in [0.1, 0.15) is 25.1 Å². The Hall–Kier alpha value is -0.410. The SMILES string of the molecule is CC.Cc1nc(Br)ccc1CO. The quantitative estimate of drug-likeness (QED) is 0.755. The van der Waals surface area contributed by atoms with Gasteiger partial charge in [0.15, 0.2) is 0 Å². The predicted molar refractivity (Wildman–Crippen MR) is 53.9 cm³/mol. The summed E-state index contributed by atoms with van der Waals surface area (Å²) in [5.74, 6) is 0. The second kappa shape index (κ2) is 6.14. The Morgan fingerprint density at radius 1 is 1.42 bits per heavy atom. The first-order valence-electron chi connectivity index (χ1n) is 3.97. The van der Waals surface area contributed by atoms with Crippen molar-refractivity contribution in [2.75, 3.05) is 0 Å². The molecular weight excluding hydrogens is 218 g/mol. The van der Waals surface area contributed by atoms with Crippen molar-refractivity contribution in [1.29, 1.82) is 0 Å². The van der Waals surface area contributed by atoms with Gasteiger partial charge >= 0.3 is 0 Å². The summed E-state index contributed by atoms with van der Waals surface area (Å²) in [6.45, 7) is 5.93. The predicted octanol–water partition coefficient (Wildman–Crippen LogP) is 2.67. The normalized spacial score (nSPS) is 8.75. The van der Waals surface area contributed by atoms with E-state index in [2.05, 4.69) is 20.9 Å². The van der Waals surface area contributed by atoms with E-state index in [1.54, 1.807) is 0 Å². The highest BCUT2D eigenvalue weighted by Gasteiger charge is 1.96. The molecule has 1 aromatic heterocycles. The Kier molecular flexibility index (Phi) is 5.93. The van der Waals surface area contributed by atoms with E-state index in [4.69, 9.17) is 5.11 Å². The number of aliphatic hydroxyl groups excluding tert-OH is 1. The summed E-state index contributed by atoms with van der Waals surface area (Å²) < 4.78 is 0.808. The monoisotopic (exact) mass is 231 g/mol. The summed E-state index contributed by atoms with van der Waals surface area (Å²) in [6.07, 6.45) is 0. The zero-order chi connectivity index (χ0) is 9.56. The molecule has 2 nitrogen and oxygen atoms in total. The Morgan fingerprint density at radius 2 is 2.00 bits per heavy atom. The molecule has 0 saturated heterocycles. The average Bonchev–Trinajstić information content (AvgIpc) is 2.08. The fraction of sp³-hybridized carbons (Fsp3) is 0.444. The van der Waals surface area contributed by atoms with E-state index in [0.29, 0.717) is 0 Å². The third-order valence-corrected chi connectivity index (χ3v) is 1.77. The van der Waals surface area contributed by atoms with Crippen molar-refractivity contribution in [3.8, 4) is 0 Å². The summed E-state index contributed by atoms with van der Waals surface area (Å²) in [5, 5.41) is 8.75. The first-order chi connectivity index (χ1) is 5.74. The van der Waals surface area contributed by atoms with Gasteiger partial charge in [0.05, 0.1) is 6.61 Å². The van der Waals surface area contributed by atoms with Crippen molar-refractivity contribution in [3.63, 3.8) is 0 Å². The van der Waals surface area contributed by atoms with Gasteiger partial charge in [-0.1, -0.05) is 19.9 Å². The van der Waals surface area contributed by atoms with Crippen LogP contribution < -0.4 is 0 Å². The second-order valence-corrected chi connectivity index (χ2v) is 2.85. The summed E-state index contributed by atoms with van der Waals surface area (Å²) in [7, 11) is 0. The minimum absolute atomic E-state index is 0.0616. The van der Waals surface area contributed by atoms with Crippen LogP contribution in [0.25, 0.3) is 0 Å². The lowest BCUT2D eigenvalue weighted by Crippen LogP contribution is -1.91. The van der Waals surface area contributed by atoms with Crippen molar-refractivity contribution in [1.82, 2.24) is 4.98 Å². The van der Waals surface area contributed by atoms with Gasteiger partial charge in [0, 0.05) is 5.69 Å². The van der Waals surface area contributed by atoms with E-state index >= 15 is 0 Å². The number of aromatic nitrogens is 1. The third-order valence-electron chi connectivity index (χ3n) is 1.33. The summed E-state index contributed by atoms with van der Waals surface area (Å²) >= 11 is 3.23. The van der Waals surface area contributed by atoms with Crippen LogP contribution in [0, 0.1) is 6.92 Å². The highest BCUT2D eigenvalue weighted by Crippen LogP contribution is 2.10. The Labute approximate surface area is 81.8 Å². The molecule has 0 aromatic carbocycles. The molecule has 1 N–H and O–H groups in total. The molecule has 0 unspecified atom stereocenters. The molecule has 1 rings (SSSR count). The maximum absolute atomic E-state index is 8.75. The fourth-order valence-electron chi connectivity index (χ4n) is 0.726. The van der Waals surface area contributed by atoms with Crippen LogP contribution in [-0.4, -0.2) is 10.1 Å². The minimum atomic E-state index is 0.0616. The van der Waals surface area contributed by atoms with Gasteiger partial charge < -0.3 is 5.11 Å². The van der Waals surface area contributed by atoms with Gasteiger partial charge in [-0.05, 0) is 34.5 Å². The third kappa shape index (κ3) is 3.32. The van der Waals surface area contributed by atoms with Crippen molar-refractivity contribution in [3.05, 3.63) is 28.0 Å². The van der Waals surface area contributed by atoms with E-state index in [1.807, 2.05) is 32.9 Å². The number of rotatable bonds is 1. The number of pyridine rings is 1. The number of aliphatic hydroxyl groups is 1. The molecule has 1 aromatic rings. The van der Waals surface area contributed by atoms with Crippen LogP contribution >= 0.6 is 15.9 Å². The number of halogens is 1. The average molecular weight is 232 g/mol. The lowest BCUT2D eigenvalue weighted by atomic mass is 10.2. The van der Waals surface area contributed by atoms with E-state index in [-0.39, 0.29) is 6.61 Å². The van der Waals surface area contributed by atoms with Gasteiger partial charge in [-0.15, -0.1) is 0 Å². The molecule has 0 bridgehead atoms. The van der Waals surface area contributed by atoms with E-state index < -0.39 is 0 Å². The molecule has 0 radical (unpaired) electrons. The first kappa shape index (κ1) is 11.6. The second-order valence-electron chi connectivity index (χ2n) is 2.04. The Morgan fingerprint density at radius 3 is 2.42 bits per heavy atom. The molecule has 0 spiro atoms. The van der Waals surface area contributed by atoms with Crippen molar-refractivity contribution < 1.29 is 5.11 Å². The van der Waals surface area contributed by atoms with Crippen LogP contribution in [-0.2, 0) is 6.61 Å². The number of hydrogen-bond acceptors (Lipinski definition) is 2. The maximum Gasteiger partial charge on any atom is 0.106 e. The largest absolute Gasteiger partial charge is 0.392 e. The molecule has 0 amide bonds. The summed E-state index contributed by atoms with van der Waals surface area (Å²) in [4.78, 5) is 4.10. The minimum Gasteiger partial charge on any atom is -0.392 e. The van der Waals surface area contributed by atoms with Crippen LogP contribution in [0.5, 0.6) is 0 Å². The molecule has 68 valence electrons. The molecule has 12 heavy (non-hydrogen) atoms. The molecule has 0 atom stereocenters. The summed E-state index contributed by atoms with van der Waals surface area (Å²) in [5.41, 5.74) is 1.75. The van der Waals surface area contributed by atoms with Gasteiger partial charge in [-0.3, -0.25) is 0 Å². The van der Waals surface area contributed by atoms with Gasteiger partial charge in [0.1, 0.15) is 4.60 Å². The lowest BCUT2D eigenvalue weighted by molar-refractivity contribution is 0.280. The number of hydrogen-bond donors (Lipinski definition) is 1. The van der Waals surface area contributed by atoms with Gasteiger partial charge in [0.2, 0.25) is 0 Å². The zero-order valence-corrected chi connectivity index (χ0v) is 9.22. The van der Waals surface area contributed by atoms with Crippen LogP contribution in [0.2, 0.25) is 0 Å². The van der Waals surface area contributed by atoms with E-state index in [1.165, 1.54) is 0 Å².